The van der Waals surface area contributed by atoms with Crippen LogP contribution in [-0.2, 0) is 13.0 Å². The minimum Gasteiger partial charge on any atom is -0.374 e. The van der Waals surface area contributed by atoms with Crippen LogP contribution in [0.3, 0.4) is 0 Å². The molecule has 172 valence electrons. The summed E-state index contributed by atoms with van der Waals surface area (Å²) < 4.78 is 0. The van der Waals surface area contributed by atoms with Crippen molar-refractivity contribution in [3.8, 4) is 0 Å². The van der Waals surface area contributed by atoms with Gasteiger partial charge in [0.15, 0.2) is 6.35 Å². The zero-order chi connectivity index (χ0) is 23.2. The number of nitrogens with zero attached hydrogens (tertiary/aromatic N) is 2. The highest BCUT2D eigenvalue weighted by molar-refractivity contribution is 5.93. The van der Waals surface area contributed by atoms with Gasteiger partial charge in [0.2, 0.25) is 0 Å². The Kier molecular flexibility index (Phi) is 7.36. The van der Waals surface area contributed by atoms with E-state index in [0.717, 1.165) is 22.4 Å². The van der Waals surface area contributed by atoms with E-state index < -0.39 is 12.6 Å². The van der Waals surface area contributed by atoms with Gasteiger partial charge in [-0.15, -0.1) is 0 Å². The molecule has 1 amide bonds. The molecule has 33 heavy (non-hydrogen) atoms. The van der Waals surface area contributed by atoms with E-state index in [2.05, 4.69) is 10.9 Å². The number of hydrazine groups is 1. The lowest BCUT2D eigenvalue weighted by Crippen LogP contribution is -2.54. The van der Waals surface area contributed by atoms with Gasteiger partial charge in [-0.3, -0.25) is 10.2 Å². The van der Waals surface area contributed by atoms with Gasteiger partial charge in [-0.2, -0.15) is 0 Å². The molecule has 7 nitrogen and oxygen atoms in total. The minimum absolute atomic E-state index is 0.193. The molecular formula is C26H30N4O3. The zero-order valence-electron chi connectivity index (χ0n) is 18.7. The van der Waals surface area contributed by atoms with E-state index in [0.29, 0.717) is 31.6 Å². The number of aliphatic hydroxyl groups is 2. The van der Waals surface area contributed by atoms with Gasteiger partial charge in [0.25, 0.3) is 5.91 Å². The van der Waals surface area contributed by atoms with Crippen LogP contribution in [0.1, 0.15) is 40.2 Å². The molecule has 7 heteroatoms. The Balaban J connectivity index is 1.53. The number of carbonyl (C=O) groups is 1. The van der Waals surface area contributed by atoms with Crippen LogP contribution < -0.4 is 15.8 Å². The fourth-order valence-corrected chi connectivity index (χ4v) is 4.08. The molecule has 0 saturated heterocycles. The van der Waals surface area contributed by atoms with Crippen molar-refractivity contribution >= 4 is 11.6 Å². The predicted molar refractivity (Wildman–Crippen MR) is 128 cm³/mol. The molecule has 1 heterocycles. The van der Waals surface area contributed by atoms with Gasteiger partial charge in [-0.05, 0) is 35.7 Å². The molecule has 0 aromatic heterocycles. The Hall–Kier alpha value is -3.23. The summed E-state index contributed by atoms with van der Waals surface area (Å²) >= 11 is 0. The average molecular weight is 447 g/mol. The lowest BCUT2D eigenvalue weighted by atomic mass is 10.0. The highest BCUT2D eigenvalue weighted by Crippen LogP contribution is 2.37. The van der Waals surface area contributed by atoms with Gasteiger partial charge in [-0.25, -0.2) is 10.3 Å². The second-order valence-electron chi connectivity index (χ2n) is 8.06. The molecule has 3 aromatic rings. The number of rotatable bonds is 8. The van der Waals surface area contributed by atoms with Crippen molar-refractivity contribution in [1.82, 2.24) is 15.8 Å². The monoisotopic (exact) mass is 446 g/mol. The SMILES string of the molecule is CCNNC(=O)c1ccc(CN2c3ccccc3C(O)N(CCc3ccccc3)C2O)cc1. The topological polar surface area (TPSA) is 88.1 Å². The van der Waals surface area contributed by atoms with E-state index in [1.54, 1.807) is 17.0 Å². The van der Waals surface area contributed by atoms with Crippen LogP contribution in [-0.4, -0.2) is 40.5 Å². The summed E-state index contributed by atoms with van der Waals surface area (Å²) in [7, 11) is 0. The maximum atomic E-state index is 12.1. The molecule has 1 aliphatic heterocycles. The van der Waals surface area contributed by atoms with Gasteiger partial charge >= 0.3 is 0 Å². The normalized spacial score (nSPS) is 18.1. The van der Waals surface area contributed by atoms with Crippen molar-refractivity contribution < 1.29 is 15.0 Å². The summed E-state index contributed by atoms with van der Waals surface area (Å²) in [5, 5.41) is 22.3. The van der Waals surface area contributed by atoms with Gasteiger partial charge in [0.05, 0.1) is 0 Å². The predicted octanol–water partition coefficient (Wildman–Crippen LogP) is 2.77. The van der Waals surface area contributed by atoms with Crippen LogP contribution in [0.4, 0.5) is 5.69 Å². The molecule has 0 bridgehead atoms. The van der Waals surface area contributed by atoms with Crippen LogP contribution in [0.5, 0.6) is 0 Å². The number of aliphatic hydroxyl groups excluding tert-OH is 2. The van der Waals surface area contributed by atoms with E-state index in [4.69, 9.17) is 0 Å². The summed E-state index contributed by atoms with van der Waals surface area (Å²) in [6.45, 7) is 3.48. The van der Waals surface area contributed by atoms with Crippen molar-refractivity contribution in [1.29, 1.82) is 0 Å². The van der Waals surface area contributed by atoms with Crippen molar-refractivity contribution in [2.75, 3.05) is 18.0 Å². The van der Waals surface area contributed by atoms with E-state index in [9.17, 15) is 15.0 Å². The fraction of sp³-hybridized carbons (Fsp3) is 0.269. The molecule has 4 rings (SSSR count). The Morgan fingerprint density at radius 2 is 1.61 bits per heavy atom. The smallest absolute Gasteiger partial charge is 0.265 e. The zero-order valence-corrected chi connectivity index (χ0v) is 18.7. The molecule has 0 spiro atoms. The number of anilines is 1. The number of fused-ring (bicyclic) bond motifs is 1. The first-order chi connectivity index (χ1) is 16.1. The van der Waals surface area contributed by atoms with E-state index >= 15 is 0 Å². The number of carbonyl (C=O) groups excluding carboxylic acids is 1. The van der Waals surface area contributed by atoms with Crippen molar-refractivity contribution in [2.24, 2.45) is 0 Å². The van der Waals surface area contributed by atoms with Crippen LogP contribution >= 0.6 is 0 Å². The van der Waals surface area contributed by atoms with E-state index in [-0.39, 0.29) is 5.91 Å². The number of hydrogen-bond acceptors (Lipinski definition) is 6. The van der Waals surface area contributed by atoms with Crippen LogP contribution in [0, 0.1) is 0 Å². The second kappa shape index (κ2) is 10.6. The second-order valence-corrected chi connectivity index (χ2v) is 8.06. The molecule has 0 saturated carbocycles. The minimum atomic E-state index is -0.990. The Labute approximate surface area is 194 Å². The molecule has 0 aliphatic carbocycles. The Bertz CT molecular complexity index is 1060. The van der Waals surface area contributed by atoms with Gasteiger partial charge in [0.1, 0.15) is 6.23 Å². The number of amides is 1. The molecule has 0 fully saturated rings. The molecule has 3 aromatic carbocycles. The van der Waals surface area contributed by atoms with Gasteiger partial charge < -0.3 is 15.1 Å². The number of para-hydroxylation sites is 1. The molecular weight excluding hydrogens is 416 g/mol. The Morgan fingerprint density at radius 3 is 2.33 bits per heavy atom. The highest BCUT2D eigenvalue weighted by atomic mass is 16.3. The third-order valence-corrected chi connectivity index (χ3v) is 5.86. The first kappa shape index (κ1) is 22.9. The lowest BCUT2D eigenvalue weighted by Gasteiger charge is -2.45. The van der Waals surface area contributed by atoms with E-state index in [1.807, 2.05) is 78.6 Å². The molecule has 2 atom stereocenters. The van der Waals surface area contributed by atoms with E-state index in [1.165, 1.54) is 0 Å². The van der Waals surface area contributed by atoms with Crippen LogP contribution in [0.15, 0.2) is 78.9 Å². The number of nitrogens with one attached hydrogen (secondary N) is 2. The number of hydrogen-bond donors (Lipinski definition) is 4. The molecule has 2 unspecified atom stereocenters. The van der Waals surface area contributed by atoms with Crippen molar-refractivity contribution in [3.63, 3.8) is 0 Å². The molecule has 0 radical (unpaired) electrons. The highest BCUT2D eigenvalue weighted by Gasteiger charge is 2.36. The van der Waals surface area contributed by atoms with Crippen LogP contribution in [0.2, 0.25) is 0 Å². The first-order valence-electron chi connectivity index (χ1n) is 11.2. The van der Waals surface area contributed by atoms with Crippen molar-refractivity contribution in [3.05, 3.63) is 101 Å². The fourth-order valence-electron chi connectivity index (χ4n) is 4.08. The summed E-state index contributed by atoms with van der Waals surface area (Å²) in [4.78, 5) is 15.7. The van der Waals surface area contributed by atoms with Crippen molar-refractivity contribution in [2.45, 2.75) is 32.5 Å². The summed E-state index contributed by atoms with van der Waals surface area (Å²) in [5.74, 6) is -0.193. The third-order valence-electron chi connectivity index (χ3n) is 5.86. The summed E-state index contributed by atoms with van der Waals surface area (Å²) in [6.07, 6.45) is -1.18. The quantitative estimate of drug-likeness (QED) is 0.398. The van der Waals surface area contributed by atoms with Gasteiger partial charge in [-0.1, -0.05) is 67.6 Å². The first-order valence-corrected chi connectivity index (χ1v) is 11.2. The largest absolute Gasteiger partial charge is 0.374 e. The lowest BCUT2D eigenvalue weighted by molar-refractivity contribution is -0.113. The molecule has 4 N–H and O–H groups in total. The summed E-state index contributed by atoms with van der Waals surface area (Å²) in [5.41, 5.74) is 9.64. The number of benzene rings is 3. The Morgan fingerprint density at radius 1 is 0.909 bits per heavy atom. The average Bonchev–Trinajstić information content (AvgIpc) is 2.86. The third kappa shape index (κ3) is 5.23. The standard InChI is InChI=1S/C26H30N4O3/c1-2-27-28-24(31)21-14-12-20(13-15-21)18-30-23-11-7-6-10-22(23)25(32)29(26(30)33)17-16-19-8-4-3-5-9-19/h3-15,25-27,32-33H,2,16-18H2,1H3,(H,28,31). The van der Waals surface area contributed by atoms with Gasteiger partial charge in [0, 0.05) is 36.4 Å². The summed E-state index contributed by atoms with van der Waals surface area (Å²) in [6, 6.07) is 24.9. The maximum Gasteiger partial charge on any atom is 0.265 e. The molecule has 1 aliphatic rings. The maximum absolute atomic E-state index is 12.1. The van der Waals surface area contributed by atoms with Crippen LogP contribution in [0.25, 0.3) is 0 Å².